The van der Waals surface area contributed by atoms with Gasteiger partial charge in [-0.2, -0.15) is 0 Å². The van der Waals surface area contributed by atoms with E-state index >= 15 is 0 Å². The van der Waals surface area contributed by atoms with E-state index in [1.165, 1.54) is 6.92 Å². The van der Waals surface area contributed by atoms with E-state index in [9.17, 15) is 17.6 Å². The Labute approximate surface area is 117 Å². The van der Waals surface area contributed by atoms with Crippen LogP contribution in [0.4, 0.5) is 4.39 Å². The van der Waals surface area contributed by atoms with Crippen molar-refractivity contribution in [3.05, 3.63) is 29.1 Å². The van der Waals surface area contributed by atoms with E-state index in [0.717, 1.165) is 31.4 Å². The highest BCUT2D eigenvalue weighted by Crippen LogP contribution is 2.25. The number of halogens is 1. The maximum atomic E-state index is 13.5. The van der Waals surface area contributed by atoms with E-state index in [-0.39, 0.29) is 16.0 Å². The molecule has 1 aliphatic carbocycles. The smallest absolute Gasteiger partial charge is 0.251 e. The number of benzene rings is 1. The second-order valence-electron chi connectivity index (χ2n) is 5.13. The lowest BCUT2D eigenvalue weighted by Crippen LogP contribution is -2.33. The van der Waals surface area contributed by atoms with Crippen LogP contribution in [0.2, 0.25) is 0 Å². The van der Waals surface area contributed by atoms with Crippen molar-refractivity contribution < 1.29 is 17.6 Å². The first-order valence-corrected chi connectivity index (χ1v) is 7.95. The van der Waals surface area contributed by atoms with E-state index in [2.05, 4.69) is 5.32 Å². The Kier molecular flexibility index (Phi) is 4.10. The molecule has 5 nitrogen and oxygen atoms in total. The summed E-state index contributed by atoms with van der Waals surface area (Å²) in [6.45, 7) is 1.97. The molecular weight excluding hydrogens is 283 g/mol. The molecule has 0 aliphatic heterocycles. The Morgan fingerprint density at radius 1 is 1.45 bits per heavy atom. The molecule has 0 heterocycles. The lowest BCUT2D eigenvalue weighted by atomic mass is 9.85. The van der Waals surface area contributed by atoms with Gasteiger partial charge in [0.05, 0.1) is 4.90 Å². The fourth-order valence-electron chi connectivity index (χ4n) is 2.21. The fraction of sp³-hybridized carbons (Fsp3) is 0.462. The molecule has 1 aromatic rings. The molecule has 0 aromatic heterocycles. The minimum absolute atomic E-state index is 0.00773. The first-order valence-electron chi connectivity index (χ1n) is 6.40. The summed E-state index contributed by atoms with van der Waals surface area (Å²) in [7, 11) is -4.06. The number of carbonyl (C=O) groups excluding carboxylic acids is 1. The third-order valence-electron chi connectivity index (χ3n) is 3.65. The molecule has 1 aromatic carbocycles. The van der Waals surface area contributed by atoms with Crippen LogP contribution < -0.4 is 10.5 Å². The van der Waals surface area contributed by atoms with Crippen LogP contribution in [0.15, 0.2) is 17.0 Å². The van der Waals surface area contributed by atoms with Gasteiger partial charge in [-0.3, -0.25) is 4.79 Å². The number of rotatable bonds is 4. The van der Waals surface area contributed by atoms with Gasteiger partial charge in [0.1, 0.15) is 5.82 Å². The van der Waals surface area contributed by atoms with Crippen molar-refractivity contribution in [2.75, 3.05) is 6.54 Å². The van der Waals surface area contributed by atoms with Crippen LogP contribution in [0, 0.1) is 18.7 Å². The lowest BCUT2D eigenvalue weighted by Gasteiger charge is -2.25. The quantitative estimate of drug-likeness (QED) is 0.878. The van der Waals surface area contributed by atoms with E-state index in [0.29, 0.717) is 12.5 Å². The fourth-order valence-corrected chi connectivity index (χ4v) is 3.03. The van der Waals surface area contributed by atoms with Crippen LogP contribution in [0.25, 0.3) is 0 Å². The van der Waals surface area contributed by atoms with Gasteiger partial charge in [0.25, 0.3) is 5.91 Å². The molecule has 0 unspecified atom stereocenters. The van der Waals surface area contributed by atoms with Gasteiger partial charge in [0.15, 0.2) is 0 Å². The predicted octanol–water partition coefficient (Wildman–Crippen LogP) is 1.31. The first kappa shape index (κ1) is 14.9. The molecule has 2 rings (SSSR count). The minimum Gasteiger partial charge on any atom is -0.352 e. The summed E-state index contributed by atoms with van der Waals surface area (Å²) in [4.78, 5) is 11.7. The number of amides is 1. The van der Waals surface area contributed by atoms with Crippen molar-refractivity contribution in [2.24, 2.45) is 11.1 Å². The molecule has 0 atom stereocenters. The number of nitrogens with one attached hydrogen (secondary N) is 1. The topological polar surface area (TPSA) is 89.3 Å². The van der Waals surface area contributed by atoms with Gasteiger partial charge in [-0.25, -0.2) is 17.9 Å². The number of primary sulfonamides is 1. The summed E-state index contributed by atoms with van der Waals surface area (Å²) >= 11 is 0. The molecule has 20 heavy (non-hydrogen) atoms. The highest BCUT2D eigenvalue weighted by Gasteiger charge is 2.22. The van der Waals surface area contributed by atoms with E-state index in [1.807, 2.05) is 0 Å². The van der Waals surface area contributed by atoms with Gasteiger partial charge in [-0.1, -0.05) is 6.42 Å². The van der Waals surface area contributed by atoms with Crippen LogP contribution in [0.1, 0.15) is 35.2 Å². The van der Waals surface area contributed by atoms with Crippen LogP contribution >= 0.6 is 0 Å². The van der Waals surface area contributed by atoms with Crippen molar-refractivity contribution in [1.82, 2.24) is 5.32 Å². The lowest BCUT2D eigenvalue weighted by molar-refractivity contribution is 0.0937. The zero-order valence-corrected chi connectivity index (χ0v) is 12.0. The Balaban J connectivity index is 2.26. The zero-order valence-electron chi connectivity index (χ0n) is 11.1. The maximum Gasteiger partial charge on any atom is 0.251 e. The number of hydrogen-bond acceptors (Lipinski definition) is 3. The number of sulfonamides is 1. The molecule has 1 aliphatic rings. The Morgan fingerprint density at radius 2 is 2.10 bits per heavy atom. The summed E-state index contributed by atoms with van der Waals surface area (Å²) in [5, 5.41) is 7.73. The average molecular weight is 300 g/mol. The predicted molar refractivity (Wildman–Crippen MR) is 72.2 cm³/mol. The van der Waals surface area contributed by atoms with E-state index in [4.69, 9.17) is 5.14 Å². The van der Waals surface area contributed by atoms with Gasteiger partial charge in [0.2, 0.25) is 10.0 Å². The molecule has 0 bridgehead atoms. The van der Waals surface area contributed by atoms with Crippen molar-refractivity contribution in [3.8, 4) is 0 Å². The molecule has 3 N–H and O–H groups in total. The van der Waals surface area contributed by atoms with Crippen molar-refractivity contribution in [1.29, 1.82) is 0 Å². The van der Waals surface area contributed by atoms with Gasteiger partial charge in [-0.05, 0) is 43.4 Å². The molecule has 0 saturated heterocycles. The normalized spacial score (nSPS) is 15.8. The molecule has 0 radical (unpaired) electrons. The molecule has 110 valence electrons. The van der Waals surface area contributed by atoms with Gasteiger partial charge in [-0.15, -0.1) is 0 Å². The summed E-state index contributed by atoms with van der Waals surface area (Å²) in [6, 6.07) is 1.85. The molecule has 1 amide bonds. The third-order valence-corrected chi connectivity index (χ3v) is 4.69. The van der Waals surface area contributed by atoms with Crippen molar-refractivity contribution in [3.63, 3.8) is 0 Å². The summed E-state index contributed by atoms with van der Waals surface area (Å²) in [5.41, 5.74) is 0.174. The van der Waals surface area contributed by atoms with Crippen molar-refractivity contribution >= 4 is 15.9 Å². The highest BCUT2D eigenvalue weighted by molar-refractivity contribution is 7.89. The Bertz CT molecular complexity index is 639. The van der Waals surface area contributed by atoms with Gasteiger partial charge < -0.3 is 5.32 Å². The molecular formula is C13H17FN2O3S. The van der Waals surface area contributed by atoms with Crippen LogP contribution in [0.5, 0.6) is 0 Å². The van der Waals surface area contributed by atoms with Gasteiger partial charge >= 0.3 is 0 Å². The second-order valence-corrected chi connectivity index (χ2v) is 6.66. The number of nitrogens with two attached hydrogens (primary N) is 1. The van der Waals surface area contributed by atoms with Crippen molar-refractivity contribution in [2.45, 2.75) is 31.1 Å². The van der Waals surface area contributed by atoms with E-state index < -0.39 is 21.7 Å². The summed E-state index contributed by atoms with van der Waals surface area (Å²) in [6.07, 6.45) is 3.31. The number of hydrogen-bond donors (Lipinski definition) is 2. The minimum atomic E-state index is -4.06. The maximum absolute atomic E-state index is 13.5. The summed E-state index contributed by atoms with van der Waals surface area (Å²) < 4.78 is 36.2. The molecule has 0 spiro atoms. The van der Waals surface area contributed by atoms with Crippen LogP contribution in [0.3, 0.4) is 0 Å². The summed E-state index contributed by atoms with van der Waals surface area (Å²) in [5.74, 6) is -0.808. The number of carbonyl (C=O) groups is 1. The monoisotopic (exact) mass is 300 g/mol. The van der Waals surface area contributed by atoms with Gasteiger partial charge in [0, 0.05) is 12.1 Å². The van der Waals surface area contributed by atoms with E-state index in [1.54, 1.807) is 0 Å². The van der Waals surface area contributed by atoms with Crippen LogP contribution in [-0.4, -0.2) is 20.9 Å². The second kappa shape index (κ2) is 5.49. The van der Waals surface area contributed by atoms with Crippen LogP contribution in [-0.2, 0) is 10.0 Å². The standard InChI is InChI=1S/C13H17FN2O3S/c1-8-11(13(17)16-7-9-3-2-4-9)5-10(14)6-12(8)20(15,18)19/h5-6,9H,2-4,7H2,1H3,(H,16,17)(H2,15,18,19). The third kappa shape index (κ3) is 3.16. The zero-order chi connectivity index (χ0) is 14.9. The first-order chi connectivity index (χ1) is 9.29. The average Bonchev–Trinajstić information content (AvgIpc) is 2.28. The molecule has 7 heteroatoms. The Morgan fingerprint density at radius 3 is 2.60 bits per heavy atom. The Hall–Kier alpha value is -1.47. The molecule has 1 saturated carbocycles. The largest absolute Gasteiger partial charge is 0.352 e. The highest BCUT2D eigenvalue weighted by atomic mass is 32.2. The SMILES string of the molecule is Cc1c(C(=O)NCC2CCC2)cc(F)cc1S(N)(=O)=O. The molecule has 1 fully saturated rings.